The fourth-order valence-electron chi connectivity index (χ4n) is 0. The van der Waals surface area contributed by atoms with Gasteiger partial charge in [0.25, 0.3) is 0 Å². The molecule has 0 radical (unpaired) electrons. The monoisotopic (exact) mass is 166 g/mol. The standard InChI is InChI=1S/C3H8O.O.Zr/c1-2-3-4;;/h4H,2-3H2,1H3;;. The summed E-state index contributed by atoms with van der Waals surface area (Å²) in [6.07, 6.45) is 0.875. The van der Waals surface area contributed by atoms with E-state index in [0.29, 0.717) is 31.3 Å². The van der Waals surface area contributed by atoms with E-state index >= 15 is 0 Å². The normalized spacial score (nSPS) is 5.50. The third-order valence-corrected chi connectivity index (χ3v) is 0.224. The van der Waals surface area contributed by atoms with Crippen molar-refractivity contribution >= 4 is 0 Å². The number of hydrogen-bond donors (Lipinski definition) is 1. The molecule has 0 heterocycles. The average molecular weight is 167 g/mol. The Morgan fingerprint density at radius 3 is 1.83 bits per heavy atom. The molecule has 0 unspecified atom stereocenters. The molecular weight excluding hydrogens is 159 g/mol. The molecular formula is C3H8O2Zr. The number of rotatable bonds is 1. The molecule has 6 heavy (non-hydrogen) atoms. The Bertz CT molecular complexity index is 16.3. The van der Waals surface area contributed by atoms with Crippen LogP contribution in [0.25, 0.3) is 0 Å². The molecule has 0 amide bonds. The molecule has 0 aromatic heterocycles. The van der Waals surface area contributed by atoms with Crippen LogP contribution in [0.2, 0.25) is 0 Å². The first-order chi connectivity index (χ1) is 2.91. The van der Waals surface area contributed by atoms with Crippen LogP contribution < -0.4 is 0 Å². The van der Waals surface area contributed by atoms with Gasteiger partial charge in [0, 0.05) is 6.61 Å². The van der Waals surface area contributed by atoms with Crippen LogP contribution in [0.5, 0.6) is 0 Å². The quantitative estimate of drug-likeness (QED) is 0.608. The summed E-state index contributed by atoms with van der Waals surface area (Å²) in [5, 5.41) is 7.88. The Kier molecular flexibility index (Phi) is 28.5. The first-order valence-electron chi connectivity index (χ1n) is 1.73. The van der Waals surface area contributed by atoms with Crippen LogP contribution in [0.15, 0.2) is 0 Å². The molecule has 0 aliphatic carbocycles. The van der Waals surface area contributed by atoms with E-state index in [0.717, 1.165) is 6.42 Å². The van der Waals surface area contributed by atoms with Crippen molar-refractivity contribution in [2.24, 2.45) is 0 Å². The van der Waals surface area contributed by atoms with E-state index in [2.05, 4.69) is 0 Å². The predicted molar refractivity (Wildman–Crippen MR) is 18.1 cm³/mol. The Hall–Kier alpha value is 0.643. The zero-order valence-electron chi connectivity index (χ0n) is 3.77. The van der Waals surface area contributed by atoms with Crippen molar-refractivity contribution < 1.29 is 32.6 Å². The van der Waals surface area contributed by atoms with E-state index < -0.39 is 0 Å². The molecule has 36 valence electrons. The molecule has 0 spiro atoms. The maximum atomic E-state index is 8.34. The molecule has 0 aromatic carbocycles. The summed E-state index contributed by atoms with van der Waals surface area (Å²) in [5.41, 5.74) is 0. The summed E-state index contributed by atoms with van der Waals surface area (Å²) in [6.45, 7) is 2.25. The Morgan fingerprint density at radius 2 is 1.83 bits per heavy atom. The van der Waals surface area contributed by atoms with Gasteiger partial charge in [-0.15, -0.1) is 0 Å². The fourth-order valence-corrected chi connectivity index (χ4v) is 0. The molecule has 0 rings (SSSR count). The molecule has 0 bridgehead atoms. The van der Waals surface area contributed by atoms with Crippen LogP contribution in [-0.2, 0) is 27.5 Å². The molecule has 3 heteroatoms. The van der Waals surface area contributed by atoms with Crippen LogP contribution in [0.1, 0.15) is 13.3 Å². The van der Waals surface area contributed by atoms with Crippen LogP contribution in [0.4, 0.5) is 0 Å². The van der Waals surface area contributed by atoms with Gasteiger partial charge < -0.3 is 5.11 Å². The van der Waals surface area contributed by atoms with Gasteiger partial charge in [-0.2, -0.15) is 0 Å². The van der Waals surface area contributed by atoms with E-state index in [1.807, 2.05) is 6.92 Å². The van der Waals surface area contributed by atoms with E-state index in [1.165, 1.54) is 0 Å². The Labute approximate surface area is 52.8 Å². The second-order valence-electron chi connectivity index (χ2n) is 0.724. The van der Waals surface area contributed by atoms with Gasteiger partial charge in [-0.05, 0) is 6.42 Å². The summed E-state index contributed by atoms with van der Waals surface area (Å²) in [7, 11) is 0. The van der Waals surface area contributed by atoms with Crippen molar-refractivity contribution in [3.8, 4) is 0 Å². The van der Waals surface area contributed by atoms with Gasteiger partial charge in [0.2, 0.25) is 0 Å². The summed E-state index contributed by atoms with van der Waals surface area (Å²) in [6, 6.07) is 0. The van der Waals surface area contributed by atoms with Gasteiger partial charge in [0.1, 0.15) is 0 Å². The second kappa shape index (κ2) is 17.4. The van der Waals surface area contributed by atoms with Gasteiger partial charge in [0.15, 0.2) is 0 Å². The molecule has 0 atom stereocenters. The van der Waals surface area contributed by atoms with Gasteiger partial charge in [0.05, 0.1) is 0 Å². The molecule has 0 aliphatic rings. The number of aliphatic hydroxyl groups excluding tert-OH is 1. The number of aliphatic hydroxyl groups is 1. The van der Waals surface area contributed by atoms with Crippen LogP contribution in [-0.4, -0.2) is 11.7 Å². The van der Waals surface area contributed by atoms with Crippen molar-refractivity contribution in [2.45, 2.75) is 13.3 Å². The molecule has 0 saturated heterocycles. The maximum absolute atomic E-state index is 8.34. The van der Waals surface area contributed by atoms with E-state index in [-0.39, 0.29) is 0 Å². The zero-order valence-corrected chi connectivity index (χ0v) is 6.23. The van der Waals surface area contributed by atoms with Crippen LogP contribution in [0, 0.1) is 0 Å². The van der Waals surface area contributed by atoms with Gasteiger partial charge in [-0.25, -0.2) is 0 Å². The van der Waals surface area contributed by atoms with Gasteiger partial charge in [-0.3, -0.25) is 0 Å². The zero-order chi connectivity index (χ0) is 5.41. The molecule has 1 N–H and O–H groups in total. The predicted octanol–water partition coefficient (Wildman–Crippen LogP) is 0.267. The van der Waals surface area contributed by atoms with E-state index in [9.17, 15) is 0 Å². The number of hydrogen-bond acceptors (Lipinski definition) is 2. The molecule has 0 fully saturated rings. The first kappa shape index (κ1) is 9.81. The van der Waals surface area contributed by atoms with Crippen molar-refractivity contribution in [1.29, 1.82) is 0 Å². The van der Waals surface area contributed by atoms with Crippen molar-refractivity contribution in [1.82, 2.24) is 0 Å². The molecule has 0 saturated carbocycles. The van der Waals surface area contributed by atoms with Gasteiger partial charge in [-0.1, -0.05) is 6.92 Å². The minimum absolute atomic E-state index is 0.300. The average Bonchev–Trinajstić information content (AvgIpc) is 1.72. The summed E-state index contributed by atoms with van der Waals surface area (Å²) < 4.78 is 8.34. The second-order valence-corrected chi connectivity index (χ2v) is 0.724. The summed E-state index contributed by atoms with van der Waals surface area (Å²) in [5.74, 6) is 0. The molecule has 2 nitrogen and oxygen atoms in total. The third-order valence-electron chi connectivity index (χ3n) is 0.224. The molecule has 0 aliphatic heterocycles. The van der Waals surface area contributed by atoms with Crippen molar-refractivity contribution in [2.75, 3.05) is 6.61 Å². The van der Waals surface area contributed by atoms with Crippen molar-refractivity contribution in [3.63, 3.8) is 0 Å². The Balaban J connectivity index is 0. The summed E-state index contributed by atoms with van der Waals surface area (Å²) in [4.78, 5) is 0. The van der Waals surface area contributed by atoms with E-state index in [4.69, 9.17) is 7.92 Å². The Morgan fingerprint density at radius 1 is 1.67 bits per heavy atom. The third kappa shape index (κ3) is 22.8. The summed E-state index contributed by atoms with van der Waals surface area (Å²) >= 11 is 0.300. The van der Waals surface area contributed by atoms with Crippen molar-refractivity contribution in [3.05, 3.63) is 0 Å². The minimum atomic E-state index is 0.300. The molecule has 0 aromatic rings. The SMILES string of the molecule is CCCO.[O]=[Zr]. The fraction of sp³-hybridized carbons (Fsp3) is 1.00. The topological polar surface area (TPSA) is 37.3 Å². The van der Waals surface area contributed by atoms with E-state index in [1.54, 1.807) is 0 Å². The first-order valence-corrected chi connectivity index (χ1v) is 2.73. The van der Waals surface area contributed by atoms with Crippen LogP contribution >= 0.6 is 0 Å². The van der Waals surface area contributed by atoms with Gasteiger partial charge >= 0.3 is 27.5 Å². The van der Waals surface area contributed by atoms with Crippen LogP contribution in [0.3, 0.4) is 0 Å².